The van der Waals surface area contributed by atoms with E-state index < -0.39 is 0 Å². The summed E-state index contributed by atoms with van der Waals surface area (Å²) in [5, 5.41) is 0. The second-order valence-electron chi connectivity index (χ2n) is 9.02. The molecule has 0 radical (unpaired) electrons. The maximum atomic E-state index is 4.34. The summed E-state index contributed by atoms with van der Waals surface area (Å²) < 4.78 is 0. The third kappa shape index (κ3) is 8.06. The van der Waals surface area contributed by atoms with Gasteiger partial charge >= 0.3 is 26.2 Å². The van der Waals surface area contributed by atoms with Crippen molar-refractivity contribution in [1.82, 2.24) is 4.90 Å². The van der Waals surface area contributed by atoms with Crippen molar-refractivity contribution in [3.05, 3.63) is 49.2 Å². The Morgan fingerprint density at radius 1 is 0.821 bits per heavy atom. The topological polar surface area (TPSA) is 3.24 Å². The first-order valence-electron chi connectivity index (χ1n) is 11.8. The Kier molecular flexibility index (Phi) is 12.3. The van der Waals surface area contributed by atoms with Crippen molar-refractivity contribution < 1.29 is 26.2 Å². The molecule has 4 fully saturated rings. The van der Waals surface area contributed by atoms with Gasteiger partial charge in [-0.3, -0.25) is 0 Å². The molecule has 2 heteroatoms. The summed E-state index contributed by atoms with van der Waals surface area (Å²) in [7, 11) is 0. The minimum Gasteiger partial charge on any atom is -0.341 e. The van der Waals surface area contributed by atoms with Crippen LogP contribution in [0.5, 0.6) is 0 Å². The summed E-state index contributed by atoms with van der Waals surface area (Å²) in [4.78, 5) is 2.65. The van der Waals surface area contributed by atoms with E-state index in [0.29, 0.717) is 5.92 Å². The van der Waals surface area contributed by atoms with Crippen LogP contribution in [0, 0.1) is 25.2 Å². The number of hydrogen-bond donors (Lipinski definition) is 0. The average Bonchev–Trinajstić information content (AvgIpc) is 3.50. The van der Waals surface area contributed by atoms with E-state index in [4.69, 9.17) is 0 Å². The predicted octanol–water partition coefficient (Wildman–Crippen LogP) is 7.22. The second kappa shape index (κ2) is 14.1. The number of fused-ring (bicyclic) bond motifs is 1. The summed E-state index contributed by atoms with van der Waals surface area (Å²) >= 11 is 0. The van der Waals surface area contributed by atoms with Crippen LogP contribution >= 0.6 is 0 Å². The molecule has 1 nitrogen and oxygen atoms in total. The van der Waals surface area contributed by atoms with Crippen LogP contribution < -0.4 is 0 Å². The van der Waals surface area contributed by atoms with E-state index in [2.05, 4.69) is 48.6 Å². The zero-order chi connectivity index (χ0) is 18.7. The third-order valence-corrected chi connectivity index (χ3v) is 6.80. The minimum atomic E-state index is 0. The first-order chi connectivity index (χ1) is 13.3. The summed E-state index contributed by atoms with van der Waals surface area (Å²) in [6.07, 6.45) is 21.5. The molecule has 1 aromatic rings. The van der Waals surface area contributed by atoms with Crippen molar-refractivity contribution >= 4 is 0 Å². The first-order valence-corrected chi connectivity index (χ1v) is 11.8. The molecule has 0 bridgehead atoms. The molecular formula is C26H41NZr+2. The maximum Gasteiger partial charge on any atom is 4.00 e. The minimum absolute atomic E-state index is 0. The number of likely N-dealkylation sites (tertiary alicyclic amines) is 1. The molecule has 3 atom stereocenters. The smallest absolute Gasteiger partial charge is 0.341 e. The number of hydrogen-bond acceptors (Lipinski definition) is 1. The van der Waals surface area contributed by atoms with Crippen molar-refractivity contribution in [2.24, 2.45) is 11.8 Å². The van der Waals surface area contributed by atoms with Crippen molar-refractivity contribution in [1.29, 1.82) is 0 Å². The quantitative estimate of drug-likeness (QED) is 0.423. The van der Waals surface area contributed by atoms with Crippen LogP contribution in [0.1, 0.15) is 89.0 Å². The number of rotatable bonds is 2. The fourth-order valence-corrected chi connectivity index (χ4v) is 5.25. The molecule has 1 aromatic carbocycles. The van der Waals surface area contributed by atoms with Gasteiger partial charge < -0.3 is 18.2 Å². The van der Waals surface area contributed by atoms with Gasteiger partial charge in [-0.15, -0.1) is 0 Å². The average molecular weight is 459 g/mol. The van der Waals surface area contributed by atoms with Gasteiger partial charge in [0.25, 0.3) is 0 Å². The summed E-state index contributed by atoms with van der Waals surface area (Å²) in [6.45, 7) is 6.61. The third-order valence-electron chi connectivity index (χ3n) is 6.80. The maximum absolute atomic E-state index is 4.34. The fourth-order valence-electron chi connectivity index (χ4n) is 5.25. The number of benzene rings is 1. The molecule has 3 saturated carbocycles. The molecule has 1 aliphatic heterocycles. The van der Waals surface area contributed by atoms with Gasteiger partial charge in [0.2, 0.25) is 0 Å². The summed E-state index contributed by atoms with van der Waals surface area (Å²) in [5.41, 5.74) is 1.44. The Bertz CT molecular complexity index is 469. The molecule has 0 amide bonds. The van der Waals surface area contributed by atoms with Crippen LogP contribution in [0.4, 0.5) is 0 Å². The van der Waals surface area contributed by atoms with Gasteiger partial charge in [-0.2, -0.15) is 18.3 Å². The van der Waals surface area contributed by atoms with E-state index in [9.17, 15) is 0 Å². The fraction of sp³-hybridized carbons (Fsp3) is 0.692. The van der Waals surface area contributed by atoms with Crippen molar-refractivity contribution in [2.45, 2.75) is 96.1 Å². The van der Waals surface area contributed by atoms with Crippen LogP contribution in [0.15, 0.2) is 30.3 Å². The van der Waals surface area contributed by atoms with Crippen molar-refractivity contribution in [3.63, 3.8) is 0 Å². The summed E-state index contributed by atoms with van der Waals surface area (Å²) in [6, 6.07) is 11.6. The van der Waals surface area contributed by atoms with Gasteiger partial charge in [0.1, 0.15) is 0 Å². The molecule has 1 saturated heterocycles. The van der Waals surface area contributed by atoms with E-state index in [-0.39, 0.29) is 26.2 Å². The molecule has 0 unspecified atom stereocenters. The second-order valence-corrected chi connectivity index (χ2v) is 9.02. The van der Waals surface area contributed by atoms with Crippen molar-refractivity contribution in [2.75, 3.05) is 6.54 Å². The van der Waals surface area contributed by atoms with Gasteiger partial charge in [0, 0.05) is 6.54 Å². The van der Waals surface area contributed by atoms with Crippen LogP contribution in [0.2, 0.25) is 0 Å². The molecule has 0 N–H and O–H groups in total. The largest absolute Gasteiger partial charge is 4.00 e. The van der Waals surface area contributed by atoms with Gasteiger partial charge in [-0.05, 0) is 24.6 Å². The molecule has 5 rings (SSSR count). The Morgan fingerprint density at radius 2 is 1.36 bits per heavy atom. The van der Waals surface area contributed by atoms with E-state index in [0.717, 1.165) is 18.5 Å². The van der Waals surface area contributed by atoms with E-state index in [1.165, 1.54) is 95.6 Å². The predicted molar refractivity (Wildman–Crippen MR) is 117 cm³/mol. The van der Waals surface area contributed by atoms with Gasteiger partial charge in [0.15, 0.2) is 0 Å². The van der Waals surface area contributed by atoms with Gasteiger partial charge in [-0.25, -0.2) is 0 Å². The van der Waals surface area contributed by atoms with Crippen LogP contribution in [0.3, 0.4) is 0 Å². The molecule has 1 heterocycles. The van der Waals surface area contributed by atoms with E-state index in [1.54, 1.807) is 0 Å². The molecule has 4 aliphatic rings. The first kappa shape index (κ1) is 24.3. The van der Waals surface area contributed by atoms with Crippen LogP contribution in [-0.2, 0) is 32.7 Å². The Hall–Kier alpha value is 0.0631. The zero-order valence-electron chi connectivity index (χ0n) is 18.0. The van der Waals surface area contributed by atoms with Crippen LogP contribution in [0.25, 0.3) is 0 Å². The normalized spacial score (nSPS) is 29.0. The van der Waals surface area contributed by atoms with Gasteiger partial charge in [0.05, 0.1) is 0 Å². The van der Waals surface area contributed by atoms with E-state index in [1.807, 2.05) is 0 Å². The molecule has 3 aliphatic carbocycles. The molecule has 0 spiro atoms. The molecule has 28 heavy (non-hydrogen) atoms. The van der Waals surface area contributed by atoms with Crippen LogP contribution in [-0.4, -0.2) is 17.5 Å². The molecule has 0 aromatic heterocycles. The zero-order valence-corrected chi connectivity index (χ0v) is 20.4. The van der Waals surface area contributed by atoms with Crippen molar-refractivity contribution in [3.8, 4) is 0 Å². The SMILES string of the molecule is C1CCCC1.C1CCCC1.[CH2-][C@@H]1CN(Cc2ccccc2)[C@@H]2CCC[CH-][C@H]12.[Zr+4]. The standard InChI is InChI=1S/C16H21N.2C5H10.Zr/c1-13-11-17(12-14-7-3-2-4-8-14)16-10-6-5-9-15(13)16;2*1-2-4-5-3-1;/h2-4,7-9,13,15-16H,1,5-6,10-12H2;2*1-5H2;/q-2;;;+4/t13-,15-,16-;;;/m1.../s1. The Balaban J connectivity index is 0.000000209. The Labute approximate surface area is 194 Å². The van der Waals surface area contributed by atoms with E-state index >= 15 is 0 Å². The monoisotopic (exact) mass is 457 g/mol. The van der Waals surface area contributed by atoms with Gasteiger partial charge in [-0.1, -0.05) is 101 Å². The molecular weight excluding hydrogens is 418 g/mol. The Morgan fingerprint density at radius 3 is 1.89 bits per heavy atom. The molecule has 152 valence electrons. The summed E-state index contributed by atoms with van der Waals surface area (Å²) in [5.74, 6) is 1.34. The number of nitrogens with zero attached hydrogens (tertiary/aromatic N) is 1.